The Labute approximate surface area is 122 Å². The average molecular weight is 324 g/mol. The number of rotatable bonds is 3. The van der Waals surface area contributed by atoms with Gasteiger partial charge < -0.3 is 10.0 Å². The fourth-order valence-electron chi connectivity index (χ4n) is 2.70. The van der Waals surface area contributed by atoms with Gasteiger partial charge in [0.1, 0.15) is 0 Å². The quantitative estimate of drug-likeness (QED) is 0.860. The second-order valence-electron chi connectivity index (χ2n) is 5.22. The van der Waals surface area contributed by atoms with Crippen molar-refractivity contribution in [1.82, 2.24) is 0 Å². The van der Waals surface area contributed by atoms with Crippen LogP contribution < -0.4 is 4.90 Å². The smallest absolute Gasteiger partial charge is 0.328 e. The molecule has 2 atom stereocenters. The molecule has 1 heterocycles. The first-order chi connectivity index (χ1) is 8.97. The number of anilines is 1. The Hall–Kier alpha value is -1.29. The van der Waals surface area contributed by atoms with Gasteiger partial charge in [0.2, 0.25) is 0 Å². The van der Waals surface area contributed by atoms with Crippen molar-refractivity contribution in [2.24, 2.45) is 5.92 Å². The van der Waals surface area contributed by atoms with Crippen molar-refractivity contribution in [2.45, 2.75) is 26.3 Å². The van der Waals surface area contributed by atoms with Crippen molar-refractivity contribution in [3.63, 3.8) is 0 Å². The van der Waals surface area contributed by atoms with E-state index in [1.54, 1.807) is 6.08 Å². The Kier molecular flexibility index (Phi) is 4.30. The highest BCUT2D eigenvalue weighted by atomic mass is 79.9. The molecule has 1 N–H and O–H groups in total. The van der Waals surface area contributed by atoms with Gasteiger partial charge in [-0.3, -0.25) is 0 Å². The van der Waals surface area contributed by atoms with Crippen LogP contribution in [0.4, 0.5) is 5.69 Å². The molecule has 1 aliphatic rings. The minimum absolute atomic E-state index is 0.487. The maximum atomic E-state index is 10.7. The van der Waals surface area contributed by atoms with Crippen molar-refractivity contribution < 1.29 is 9.90 Å². The molecule has 1 aromatic rings. The maximum absolute atomic E-state index is 10.7. The lowest BCUT2D eigenvalue weighted by Crippen LogP contribution is -2.27. The van der Waals surface area contributed by atoms with Crippen LogP contribution in [0, 0.1) is 5.92 Å². The van der Waals surface area contributed by atoms with Gasteiger partial charge in [0.25, 0.3) is 0 Å². The zero-order chi connectivity index (χ0) is 14.0. The predicted molar refractivity (Wildman–Crippen MR) is 81.4 cm³/mol. The van der Waals surface area contributed by atoms with E-state index in [4.69, 9.17) is 5.11 Å². The second kappa shape index (κ2) is 5.78. The van der Waals surface area contributed by atoms with Crippen LogP contribution in [0.2, 0.25) is 0 Å². The Morgan fingerprint density at radius 2 is 2.21 bits per heavy atom. The lowest BCUT2D eigenvalue weighted by atomic mass is 10.1. The number of hydrogen-bond donors (Lipinski definition) is 1. The van der Waals surface area contributed by atoms with Gasteiger partial charge in [-0.25, -0.2) is 4.79 Å². The van der Waals surface area contributed by atoms with E-state index in [9.17, 15) is 4.79 Å². The van der Waals surface area contributed by atoms with E-state index in [2.05, 4.69) is 40.7 Å². The molecule has 102 valence electrons. The number of carboxylic acid groups (broad SMARTS) is 1. The largest absolute Gasteiger partial charge is 0.478 e. The number of aliphatic carboxylic acids is 1. The molecule has 0 saturated carbocycles. The minimum Gasteiger partial charge on any atom is -0.478 e. The number of carboxylic acids is 1. The van der Waals surface area contributed by atoms with Gasteiger partial charge in [0.05, 0.1) is 0 Å². The molecule has 2 rings (SSSR count). The average Bonchev–Trinajstić information content (AvgIpc) is 2.66. The van der Waals surface area contributed by atoms with Gasteiger partial charge in [-0.2, -0.15) is 0 Å². The third-order valence-corrected chi connectivity index (χ3v) is 3.98. The third-order valence-electron chi connectivity index (χ3n) is 3.49. The first-order valence-electron chi connectivity index (χ1n) is 6.44. The van der Waals surface area contributed by atoms with E-state index in [1.165, 1.54) is 12.5 Å². The highest BCUT2D eigenvalue weighted by Crippen LogP contribution is 2.33. The van der Waals surface area contributed by atoms with Crippen LogP contribution in [0.15, 0.2) is 28.7 Å². The number of halogens is 1. The zero-order valence-corrected chi connectivity index (χ0v) is 12.7. The summed E-state index contributed by atoms with van der Waals surface area (Å²) in [5.41, 5.74) is 2.05. The molecule has 3 nitrogen and oxygen atoms in total. The number of carbonyl (C=O) groups is 1. The summed E-state index contributed by atoms with van der Waals surface area (Å²) in [5, 5.41) is 8.77. The molecule has 4 heteroatoms. The van der Waals surface area contributed by atoms with Gasteiger partial charge in [-0.1, -0.05) is 28.9 Å². The van der Waals surface area contributed by atoms with Crippen LogP contribution in [-0.4, -0.2) is 23.7 Å². The number of benzene rings is 1. The lowest BCUT2D eigenvalue weighted by molar-refractivity contribution is -0.131. The van der Waals surface area contributed by atoms with Crippen molar-refractivity contribution in [3.05, 3.63) is 34.3 Å². The summed E-state index contributed by atoms with van der Waals surface area (Å²) in [4.78, 5) is 13.0. The second-order valence-corrected chi connectivity index (χ2v) is 6.13. The Morgan fingerprint density at radius 3 is 2.79 bits per heavy atom. The maximum Gasteiger partial charge on any atom is 0.328 e. The van der Waals surface area contributed by atoms with Crippen LogP contribution in [-0.2, 0) is 4.79 Å². The van der Waals surface area contributed by atoms with Gasteiger partial charge in [-0.15, -0.1) is 0 Å². The van der Waals surface area contributed by atoms with Crippen molar-refractivity contribution >= 4 is 33.7 Å². The first-order valence-corrected chi connectivity index (χ1v) is 7.24. The lowest BCUT2D eigenvalue weighted by Gasteiger charge is -2.26. The highest BCUT2D eigenvalue weighted by Gasteiger charge is 2.27. The molecular formula is C15H18BrNO2. The summed E-state index contributed by atoms with van der Waals surface area (Å²) < 4.78 is 1.02. The summed E-state index contributed by atoms with van der Waals surface area (Å²) in [5.74, 6) is -0.248. The van der Waals surface area contributed by atoms with Crippen molar-refractivity contribution in [2.75, 3.05) is 11.4 Å². The van der Waals surface area contributed by atoms with Crippen molar-refractivity contribution in [3.8, 4) is 0 Å². The molecule has 0 bridgehead atoms. The van der Waals surface area contributed by atoms with E-state index in [-0.39, 0.29) is 0 Å². The monoisotopic (exact) mass is 323 g/mol. The summed E-state index contributed by atoms with van der Waals surface area (Å²) in [6, 6.07) is 6.45. The molecule has 0 radical (unpaired) electrons. The predicted octanol–water partition coefficient (Wildman–Crippen LogP) is 3.78. The van der Waals surface area contributed by atoms with E-state index < -0.39 is 5.97 Å². The third kappa shape index (κ3) is 3.38. The van der Waals surface area contributed by atoms with E-state index >= 15 is 0 Å². The molecule has 1 aromatic carbocycles. The zero-order valence-electron chi connectivity index (χ0n) is 11.1. The van der Waals surface area contributed by atoms with Gasteiger partial charge in [0.15, 0.2) is 0 Å². The fraction of sp³-hybridized carbons (Fsp3) is 0.400. The first kappa shape index (κ1) is 14.1. The molecule has 1 aliphatic heterocycles. The summed E-state index contributed by atoms with van der Waals surface area (Å²) >= 11 is 3.49. The molecular weight excluding hydrogens is 306 g/mol. The SMILES string of the molecule is CC1CC(C)N(c2cc(Br)ccc2/C=C/C(=O)O)C1. The summed E-state index contributed by atoms with van der Waals surface area (Å²) in [7, 11) is 0. The van der Waals surface area contributed by atoms with Crippen LogP contribution >= 0.6 is 15.9 Å². The van der Waals surface area contributed by atoms with Gasteiger partial charge >= 0.3 is 5.97 Å². The molecule has 0 spiro atoms. The summed E-state index contributed by atoms with van der Waals surface area (Å²) in [6.07, 6.45) is 4.03. The van der Waals surface area contributed by atoms with Crippen LogP contribution in [0.25, 0.3) is 6.08 Å². The molecule has 0 aromatic heterocycles. The molecule has 0 amide bonds. The Morgan fingerprint density at radius 1 is 1.47 bits per heavy atom. The molecule has 1 fully saturated rings. The normalized spacial score (nSPS) is 23.2. The van der Waals surface area contributed by atoms with Crippen LogP contribution in [0.1, 0.15) is 25.8 Å². The number of hydrogen-bond acceptors (Lipinski definition) is 2. The fourth-order valence-corrected chi connectivity index (χ4v) is 3.05. The molecule has 0 aliphatic carbocycles. The Bertz CT molecular complexity index is 513. The van der Waals surface area contributed by atoms with E-state index in [1.807, 2.05) is 12.1 Å². The van der Waals surface area contributed by atoms with Gasteiger partial charge in [-0.05, 0) is 43.0 Å². The van der Waals surface area contributed by atoms with E-state index in [0.717, 1.165) is 22.3 Å². The standard InChI is InChI=1S/C15H18BrNO2/c1-10-7-11(2)17(9-10)14-8-13(16)5-3-12(14)4-6-15(18)19/h3-6,8,10-11H,7,9H2,1-2H3,(H,18,19)/b6-4+. The van der Waals surface area contributed by atoms with Crippen molar-refractivity contribution in [1.29, 1.82) is 0 Å². The summed E-state index contributed by atoms with van der Waals surface area (Å²) in [6.45, 7) is 5.49. The minimum atomic E-state index is -0.920. The van der Waals surface area contributed by atoms with Gasteiger partial charge in [0, 0.05) is 28.8 Å². The number of nitrogens with zero attached hydrogens (tertiary/aromatic N) is 1. The van der Waals surface area contributed by atoms with Crippen LogP contribution in [0.3, 0.4) is 0 Å². The molecule has 19 heavy (non-hydrogen) atoms. The topological polar surface area (TPSA) is 40.5 Å². The molecule has 2 unspecified atom stereocenters. The highest BCUT2D eigenvalue weighted by molar-refractivity contribution is 9.10. The van der Waals surface area contributed by atoms with Crippen LogP contribution in [0.5, 0.6) is 0 Å². The molecule has 1 saturated heterocycles. The van der Waals surface area contributed by atoms with E-state index in [0.29, 0.717) is 12.0 Å². The Balaban J connectivity index is 2.37.